The summed E-state index contributed by atoms with van der Waals surface area (Å²) in [4.78, 5) is 0. The van der Waals surface area contributed by atoms with Crippen LogP contribution in [0.1, 0.15) is 45.1 Å². The van der Waals surface area contributed by atoms with Gasteiger partial charge < -0.3 is 5.32 Å². The number of rotatable bonds is 7. The minimum absolute atomic E-state index is 0.226. The molecule has 3 heteroatoms. The van der Waals surface area contributed by atoms with Crippen LogP contribution in [0, 0.1) is 11.2 Å². The Balaban J connectivity index is 2.09. The van der Waals surface area contributed by atoms with Crippen molar-refractivity contribution in [2.75, 3.05) is 6.54 Å². The molecule has 0 unspecified atom stereocenters. The van der Waals surface area contributed by atoms with Gasteiger partial charge in [-0.2, -0.15) is 0 Å². The molecule has 1 aromatic carbocycles. The first-order chi connectivity index (χ1) is 9.08. The van der Waals surface area contributed by atoms with Gasteiger partial charge in [-0.15, -0.1) is 0 Å². The molecule has 1 aromatic rings. The fourth-order valence-electron chi connectivity index (χ4n) is 2.53. The molecule has 0 aromatic heterocycles. The average molecular weight is 284 g/mol. The van der Waals surface area contributed by atoms with Crippen LogP contribution in [0.3, 0.4) is 0 Å². The van der Waals surface area contributed by atoms with Crippen LogP contribution >= 0.6 is 11.6 Å². The van der Waals surface area contributed by atoms with Crippen molar-refractivity contribution in [1.82, 2.24) is 5.32 Å². The van der Waals surface area contributed by atoms with Crippen molar-refractivity contribution in [2.45, 2.75) is 52.0 Å². The molecule has 1 aliphatic rings. The van der Waals surface area contributed by atoms with E-state index in [0.717, 1.165) is 37.4 Å². The summed E-state index contributed by atoms with van der Waals surface area (Å²) in [5.74, 6) is -0.261. The van der Waals surface area contributed by atoms with Gasteiger partial charge in [0, 0.05) is 17.6 Å². The second-order valence-corrected chi connectivity index (χ2v) is 6.18. The number of nitrogens with one attached hydrogen (secondary N) is 1. The summed E-state index contributed by atoms with van der Waals surface area (Å²) < 4.78 is 13.1. The molecule has 1 fully saturated rings. The van der Waals surface area contributed by atoms with Crippen LogP contribution in [0.4, 0.5) is 4.39 Å². The Labute approximate surface area is 120 Å². The molecular weight excluding hydrogens is 261 g/mol. The molecule has 19 heavy (non-hydrogen) atoms. The van der Waals surface area contributed by atoms with E-state index >= 15 is 0 Å². The van der Waals surface area contributed by atoms with Crippen molar-refractivity contribution in [3.05, 3.63) is 34.6 Å². The maximum atomic E-state index is 13.1. The van der Waals surface area contributed by atoms with E-state index in [1.165, 1.54) is 25.0 Å². The van der Waals surface area contributed by atoms with E-state index in [-0.39, 0.29) is 11.2 Å². The molecule has 0 amide bonds. The van der Waals surface area contributed by atoms with Gasteiger partial charge in [-0.05, 0) is 55.2 Å². The van der Waals surface area contributed by atoms with Crippen LogP contribution in [0.15, 0.2) is 18.2 Å². The number of hydrogen-bond donors (Lipinski definition) is 1. The molecule has 106 valence electrons. The van der Waals surface area contributed by atoms with Gasteiger partial charge in [0.1, 0.15) is 5.82 Å². The highest BCUT2D eigenvalue weighted by Crippen LogP contribution is 2.34. The van der Waals surface area contributed by atoms with Crippen LogP contribution in [-0.4, -0.2) is 12.6 Å². The molecule has 1 saturated carbocycles. The first kappa shape index (κ1) is 14.8. The molecule has 1 aliphatic carbocycles. The van der Waals surface area contributed by atoms with E-state index in [1.807, 2.05) is 6.07 Å². The van der Waals surface area contributed by atoms with E-state index in [9.17, 15) is 4.39 Å². The summed E-state index contributed by atoms with van der Waals surface area (Å²) in [5.41, 5.74) is 1.29. The van der Waals surface area contributed by atoms with E-state index in [1.54, 1.807) is 0 Å². The lowest BCUT2D eigenvalue weighted by molar-refractivity contribution is 0.245. The fraction of sp³-hybridized carbons (Fsp3) is 0.625. The van der Waals surface area contributed by atoms with E-state index < -0.39 is 0 Å². The van der Waals surface area contributed by atoms with Gasteiger partial charge >= 0.3 is 0 Å². The molecule has 0 spiro atoms. The van der Waals surface area contributed by atoms with Crippen molar-refractivity contribution in [3.63, 3.8) is 0 Å². The van der Waals surface area contributed by atoms with Crippen LogP contribution in [0.5, 0.6) is 0 Å². The summed E-state index contributed by atoms with van der Waals surface area (Å²) in [5, 5.41) is 4.19. The average Bonchev–Trinajstić information content (AvgIpc) is 3.21. The van der Waals surface area contributed by atoms with Gasteiger partial charge in [-0.3, -0.25) is 0 Å². The van der Waals surface area contributed by atoms with Gasteiger partial charge in [0.15, 0.2) is 0 Å². The van der Waals surface area contributed by atoms with E-state index in [2.05, 4.69) is 19.2 Å². The van der Waals surface area contributed by atoms with Gasteiger partial charge in [0.25, 0.3) is 0 Å². The van der Waals surface area contributed by atoms with Gasteiger partial charge in [0.05, 0.1) is 0 Å². The van der Waals surface area contributed by atoms with Gasteiger partial charge in [-0.25, -0.2) is 4.39 Å². The Morgan fingerprint density at radius 1 is 1.32 bits per heavy atom. The van der Waals surface area contributed by atoms with Crippen LogP contribution in [0.2, 0.25) is 5.02 Å². The number of hydrogen-bond acceptors (Lipinski definition) is 1. The number of halogens is 2. The van der Waals surface area contributed by atoms with E-state index in [0.29, 0.717) is 5.02 Å². The monoisotopic (exact) mass is 283 g/mol. The summed E-state index contributed by atoms with van der Waals surface area (Å²) in [6.07, 6.45) is 5.74. The Morgan fingerprint density at radius 2 is 2.00 bits per heavy atom. The second kappa shape index (κ2) is 6.23. The third-order valence-electron chi connectivity index (χ3n) is 4.42. The molecule has 1 N–H and O–H groups in total. The molecule has 0 radical (unpaired) electrons. The topological polar surface area (TPSA) is 12.0 Å². The third kappa shape index (κ3) is 3.93. The van der Waals surface area contributed by atoms with Crippen molar-refractivity contribution in [1.29, 1.82) is 0 Å². The third-order valence-corrected chi connectivity index (χ3v) is 4.78. The molecule has 2 rings (SSSR count). The fourth-order valence-corrected chi connectivity index (χ4v) is 2.76. The molecule has 0 atom stereocenters. The molecule has 0 aliphatic heterocycles. The molecular formula is C16H23ClFN. The summed E-state index contributed by atoms with van der Waals surface area (Å²) in [6, 6.07) is 5.48. The van der Waals surface area contributed by atoms with Crippen LogP contribution in [0.25, 0.3) is 0 Å². The largest absolute Gasteiger partial charge is 0.313 e. The Kier molecular flexibility index (Phi) is 4.86. The van der Waals surface area contributed by atoms with Crippen LogP contribution < -0.4 is 5.32 Å². The molecule has 0 saturated heterocycles. The predicted molar refractivity (Wildman–Crippen MR) is 79.2 cm³/mol. The Hall–Kier alpha value is -0.600. The zero-order valence-electron chi connectivity index (χ0n) is 11.8. The smallest absolute Gasteiger partial charge is 0.124 e. The number of benzene rings is 1. The summed E-state index contributed by atoms with van der Waals surface area (Å²) in [7, 11) is 0. The Bertz CT molecular complexity index is 425. The molecule has 0 bridgehead atoms. The predicted octanol–water partition coefficient (Wildman–Crippen LogP) is 4.58. The highest BCUT2D eigenvalue weighted by atomic mass is 35.5. The van der Waals surface area contributed by atoms with Crippen molar-refractivity contribution >= 4 is 11.6 Å². The summed E-state index contributed by atoms with van der Waals surface area (Å²) in [6.45, 7) is 5.49. The van der Waals surface area contributed by atoms with E-state index in [4.69, 9.17) is 11.6 Å². The highest BCUT2D eigenvalue weighted by Gasteiger charge is 2.30. The lowest BCUT2D eigenvalue weighted by Crippen LogP contribution is -2.36. The van der Waals surface area contributed by atoms with Crippen LogP contribution in [-0.2, 0) is 6.42 Å². The lowest BCUT2D eigenvalue weighted by Gasteiger charge is -2.32. The van der Waals surface area contributed by atoms with Gasteiger partial charge in [-0.1, -0.05) is 31.5 Å². The first-order valence-electron chi connectivity index (χ1n) is 7.26. The standard InChI is InChI=1S/C16H23ClFN/c1-3-16(4-2,11-19-14-7-8-14)10-12-5-6-13(18)9-15(12)17/h5-6,9,14,19H,3-4,7-8,10-11H2,1-2H3. The molecule has 1 nitrogen and oxygen atoms in total. The normalized spacial score (nSPS) is 15.8. The van der Waals surface area contributed by atoms with Gasteiger partial charge in [0.2, 0.25) is 0 Å². The SMILES string of the molecule is CCC(CC)(CNC1CC1)Cc1ccc(F)cc1Cl. The second-order valence-electron chi connectivity index (χ2n) is 5.77. The minimum atomic E-state index is -0.261. The van der Waals surface area contributed by atoms with Crippen molar-refractivity contribution in [2.24, 2.45) is 5.41 Å². The zero-order chi connectivity index (χ0) is 13.9. The Morgan fingerprint density at radius 3 is 2.53 bits per heavy atom. The maximum absolute atomic E-state index is 13.1. The first-order valence-corrected chi connectivity index (χ1v) is 7.63. The summed E-state index contributed by atoms with van der Waals surface area (Å²) >= 11 is 6.16. The maximum Gasteiger partial charge on any atom is 0.124 e. The zero-order valence-corrected chi connectivity index (χ0v) is 12.6. The van der Waals surface area contributed by atoms with Crippen molar-refractivity contribution < 1.29 is 4.39 Å². The molecule has 0 heterocycles. The highest BCUT2D eigenvalue weighted by molar-refractivity contribution is 6.31. The quantitative estimate of drug-likeness (QED) is 0.772. The lowest BCUT2D eigenvalue weighted by atomic mass is 9.77. The van der Waals surface area contributed by atoms with Crippen molar-refractivity contribution in [3.8, 4) is 0 Å². The minimum Gasteiger partial charge on any atom is -0.313 e.